The fourth-order valence-electron chi connectivity index (χ4n) is 3.97. The van der Waals surface area contributed by atoms with Crippen LogP contribution in [0.25, 0.3) is 0 Å². The van der Waals surface area contributed by atoms with Gasteiger partial charge in [-0.25, -0.2) is 0 Å². The van der Waals surface area contributed by atoms with Gasteiger partial charge in [-0.15, -0.1) is 0 Å². The molecule has 1 saturated carbocycles. The topological polar surface area (TPSA) is 9.23 Å². The molecule has 0 aromatic heterocycles. The lowest BCUT2D eigenvalue weighted by molar-refractivity contribution is 0.0251. The molecule has 0 aliphatic heterocycles. The lowest BCUT2D eigenvalue weighted by Crippen LogP contribution is -2.21. The van der Waals surface area contributed by atoms with E-state index in [-0.39, 0.29) is 0 Å². The van der Waals surface area contributed by atoms with Gasteiger partial charge in [0.15, 0.2) is 0 Å². The van der Waals surface area contributed by atoms with Crippen LogP contribution in [0.5, 0.6) is 0 Å². The van der Waals surface area contributed by atoms with E-state index in [1.54, 1.807) is 0 Å². The second-order valence-electron chi connectivity index (χ2n) is 7.97. The zero-order valence-electron chi connectivity index (χ0n) is 16.7. The number of benzene rings is 1. The highest BCUT2D eigenvalue weighted by Crippen LogP contribution is 2.35. The number of ether oxygens (including phenoxy) is 1. The molecule has 1 aromatic carbocycles. The van der Waals surface area contributed by atoms with Crippen molar-refractivity contribution in [2.24, 2.45) is 0 Å². The third kappa shape index (κ3) is 10.4. The second kappa shape index (κ2) is 13.2. The van der Waals surface area contributed by atoms with Crippen LogP contribution in [0.1, 0.15) is 88.2 Å². The van der Waals surface area contributed by atoms with Gasteiger partial charge in [-0.2, -0.15) is 0 Å². The van der Waals surface area contributed by atoms with Crippen LogP contribution in [0.2, 0.25) is 6.04 Å². The lowest BCUT2D eigenvalue weighted by Gasteiger charge is -2.29. The van der Waals surface area contributed by atoms with Crippen LogP contribution in [0, 0.1) is 0 Å². The molecule has 1 aliphatic carbocycles. The van der Waals surface area contributed by atoms with E-state index in [4.69, 9.17) is 4.74 Å². The maximum Gasteiger partial charge on any atom is 0.267 e. The van der Waals surface area contributed by atoms with E-state index in [1.807, 2.05) is 0 Å². The molecule has 0 amide bonds. The normalized spacial score (nSPS) is 20.7. The summed E-state index contributed by atoms with van der Waals surface area (Å²) in [5, 5.41) is 0. The van der Waals surface area contributed by atoms with E-state index in [1.165, 1.54) is 75.3 Å². The molecule has 2 rings (SSSR count). The highest BCUT2D eigenvalue weighted by molar-refractivity contribution is 9.72. The summed E-state index contributed by atoms with van der Waals surface area (Å²) in [5.41, 5.74) is 3.05. The highest BCUT2D eigenvalue weighted by atomic mass is 80.0. The molecule has 1 aliphatic rings. The van der Waals surface area contributed by atoms with Gasteiger partial charge in [-0.05, 0) is 68.0 Å². The predicted molar refractivity (Wildman–Crippen MR) is 132 cm³/mol. The summed E-state index contributed by atoms with van der Waals surface area (Å²) < 4.78 is 4.65. The van der Waals surface area contributed by atoms with Crippen molar-refractivity contribution in [1.82, 2.24) is 0 Å². The molecule has 27 heavy (non-hydrogen) atoms. The summed E-state index contributed by atoms with van der Waals surface area (Å²) in [5.74, 6) is 0.733. The number of aryl methyl sites for hydroxylation is 1. The van der Waals surface area contributed by atoms with Gasteiger partial charge < -0.3 is 4.74 Å². The van der Waals surface area contributed by atoms with Crippen LogP contribution < -0.4 is 0 Å². The van der Waals surface area contributed by atoms with Gasteiger partial charge >= 0.3 is 0 Å². The van der Waals surface area contributed by atoms with E-state index in [2.05, 4.69) is 77.1 Å². The maximum absolute atomic E-state index is 6.11. The van der Waals surface area contributed by atoms with Gasteiger partial charge in [-0.1, -0.05) is 103 Å². The van der Waals surface area contributed by atoms with E-state index >= 15 is 0 Å². The predicted octanol–water partition coefficient (Wildman–Crippen LogP) is 8.76. The minimum absolute atomic E-state index is 0.473. The Hall–Kier alpha value is 0.837. The zero-order valence-corrected chi connectivity index (χ0v) is 22.5. The first-order valence-electron chi connectivity index (χ1n) is 10.7. The van der Waals surface area contributed by atoms with Crippen molar-refractivity contribution in [2.45, 2.75) is 95.6 Å². The number of hydrogen-bond donors (Lipinski definition) is 0. The third-order valence-electron chi connectivity index (χ3n) is 5.65. The average Bonchev–Trinajstić information content (AvgIpc) is 2.65. The Morgan fingerprint density at radius 2 is 1.56 bits per heavy atom. The Balaban J connectivity index is 1.64. The standard InChI is InChI=1S/C22H35Br3OSi/c1-2-3-4-5-6-8-19-9-11-20(12-10-19)21-13-15-22(16-14-21)26-17-7-18-27(23,24)25/h9-12,21-22H,2-8,13-18H2,1H3/t21-,22-. The number of unbranched alkanes of at least 4 members (excludes halogenated alkanes) is 4. The molecule has 0 saturated heterocycles. The summed E-state index contributed by atoms with van der Waals surface area (Å²) in [6.45, 7) is 3.17. The molecule has 1 nitrogen and oxygen atoms in total. The molecule has 0 atom stereocenters. The summed E-state index contributed by atoms with van der Waals surface area (Å²) >= 11 is 11.1. The van der Waals surface area contributed by atoms with Crippen LogP contribution in [0.15, 0.2) is 24.3 Å². The second-order valence-corrected chi connectivity index (χ2v) is 31.5. The molecule has 0 unspecified atom stereocenters. The first-order valence-corrected chi connectivity index (χ1v) is 19.7. The lowest BCUT2D eigenvalue weighted by atomic mass is 9.82. The third-order valence-corrected chi connectivity index (χ3v) is 10.1. The maximum atomic E-state index is 6.11. The van der Waals surface area contributed by atoms with Crippen LogP contribution in [0.3, 0.4) is 0 Å². The fraction of sp³-hybridized carbons (Fsp3) is 0.727. The molecule has 0 N–H and O–H groups in total. The largest absolute Gasteiger partial charge is 0.378 e. The highest BCUT2D eigenvalue weighted by Gasteiger charge is 2.24. The quantitative estimate of drug-likeness (QED) is 0.136. The molecule has 0 bridgehead atoms. The fourth-order valence-corrected chi connectivity index (χ4v) is 7.04. The van der Waals surface area contributed by atoms with Crippen molar-refractivity contribution in [3.63, 3.8) is 0 Å². The molecular weight excluding hydrogens is 548 g/mol. The first-order chi connectivity index (χ1) is 13.0. The molecular formula is C22H35Br3OSi. The van der Waals surface area contributed by atoms with E-state index in [0.717, 1.165) is 25.0 Å². The number of rotatable bonds is 12. The summed E-state index contributed by atoms with van der Waals surface area (Å²) in [7, 11) is 0. The summed E-state index contributed by atoms with van der Waals surface area (Å²) in [6.07, 6.45) is 14.6. The molecule has 0 heterocycles. The Morgan fingerprint density at radius 3 is 2.19 bits per heavy atom. The van der Waals surface area contributed by atoms with Crippen molar-refractivity contribution in [3.8, 4) is 0 Å². The minimum atomic E-state index is -1.46. The Morgan fingerprint density at radius 1 is 0.889 bits per heavy atom. The van der Waals surface area contributed by atoms with Crippen molar-refractivity contribution < 1.29 is 4.74 Å². The average molecular weight is 583 g/mol. The number of halogens is 3. The molecule has 0 spiro atoms. The molecule has 154 valence electrons. The van der Waals surface area contributed by atoms with E-state index in [0.29, 0.717) is 6.10 Å². The monoisotopic (exact) mass is 580 g/mol. The van der Waals surface area contributed by atoms with Crippen LogP contribution in [0.4, 0.5) is 0 Å². The van der Waals surface area contributed by atoms with Crippen molar-refractivity contribution in [3.05, 3.63) is 35.4 Å². The Bertz CT molecular complexity index is 507. The van der Waals surface area contributed by atoms with Gasteiger partial charge in [0, 0.05) is 6.61 Å². The van der Waals surface area contributed by atoms with Crippen LogP contribution in [-0.2, 0) is 11.2 Å². The summed E-state index contributed by atoms with van der Waals surface area (Å²) in [4.78, 5) is 0. The van der Waals surface area contributed by atoms with Crippen LogP contribution >= 0.6 is 45.9 Å². The smallest absolute Gasteiger partial charge is 0.267 e. The molecule has 0 radical (unpaired) electrons. The zero-order chi connectivity index (χ0) is 19.5. The molecule has 1 fully saturated rings. The Kier molecular flexibility index (Phi) is 11.8. The number of hydrogen-bond acceptors (Lipinski definition) is 1. The van der Waals surface area contributed by atoms with Gasteiger partial charge in [0.25, 0.3) is 3.93 Å². The van der Waals surface area contributed by atoms with Crippen LogP contribution in [-0.4, -0.2) is 16.6 Å². The van der Waals surface area contributed by atoms with Gasteiger partial charge in [-0.3, -0.25) is 0 Å². The van der Waals surface area contributed by atoms with E-state index < -0.39 is 3.93 Å². The SMILES string of the molecule is CCCCCCCc1ccc([C@H]2CC[C@H](OCCC[Si](Br)(Br)Br)CC2)cc1. The Labute approximate surface area is 191 Å². The van der Waals surface area contributed by atoms with Gasteiger partial charge in [0.2, 0.25) is 0 Å². The molecule has 1 aromatic rings. The van der Waals surface area contributed by atoms with Crippen molar-refractivity contribution >= 4 is 49.8 Å². The van der Waals surface area contributed by atoms with Gasteiger partial charge in [0.1, 0.15) is 0 Å². The van der Waals surface area contributed by atoms with Crippen molar-refractivity contribution in [1.29, 1.82) is 0 Å². The molecule has 5 heteroatoms. The first kappa shape index (κ1) is 24.1. The van der Waals surface area contributed by atoms with E-state index in [9.17, 15) is 0 Å². The van der Waals surface area contributed by atoms with Crippen molar-refractivity contribution in [2.75, 3.05) is 6.61 Å². The van der Waals surface area contributed by atoms with Gasteiger partial charge in [0.05, 0.1) is 6.10 Å². The summed E-state index contributed by atoms with van der Waals surface area (Å²) in [6, 6.07) is 10.7. The minimum Gasteiger partial charge on any atom is -0.378 e.